The van der Waals surface area contributed by atoms with Gasteiger partial charge < -0.3 is 0 Å². The molecule has 1 aliphatic rings. The second kappa shape index (κ2) is 21.3. The van der Waals surface area contributed by atoms with Crippen LogP contribution < -0.4 is 0 Å². The average molecular weight is 1240 g/mol. The number of hydrogen-bond donors (Lipinski definition) is 0. The molecule has 0 radical (unpaired) electrons. The molecule has 458 valence electrons. The molecule has 0 spiro atoms. The van der Waals surface area contributed by atoms with Crippen molar-refractivity contribution >= 4 is 97.0 Å². The Morgan fingerprint density at radius 3 is 0.888 bits per heavy atom. The first-order valence-electron chi connectivity index (χ1n) is 34.6. The highest BCUT2D eigenvalue weighted by Crippen LogP contribution is 2.61. The van der Waals surface area contributed by atoms with E-state index in [0.717, 1.165) is 0 Å². The Kier molecular flexibility index (Phi) is 12.2. The molecule has 0 heterocycles. The van der Waals surface area contributed by atoms with E-state index in [9.17, 15) is 0 Å². The smallest absolute Gasteiger partial charge is 0.000718 e. The van der Waals surface area contributed by atoms with Gasteiger partial charge in [0.1, 0.15) is 0 Å². The molecule has 19 aromatic rings. The Morgan fingerprint density at radius 2 is 0.439 bits per heavy atom. The van der Waals surface area contributed by atoms with Crippen molar-refractivity contribution in [2.24, 2.45) is 0 Å². The summed E-state index contributed by atoms with van der Waals surface area (Å²) in [6.45, 7) is 13.1. The molecule has 0 amide bonds. The third-order valence-corrected chi connectivity index (χ3v) is 22.1. The summed E-state index contributed by atoms with van der Waals surface area (Å²) in [7, 11) is 0. The summed E-state index contributed by atoms with van der Waals surface area (Å²) < 4.78 is 0. The number of hydrogen-bond acceptors (Lipinski definition) is 0. The van der Waals surface area contributed by atoms with Crippen molar-refractivity contribution in [3.8, 4) is 111 Å². The van der Waals surface area contributed by atoms with Crippen molar-refractivity contribution < 1.29 is 0 Å². The van der Waals surface area contributed by atoms with Gasteiger partial charge in [-0.15, -0.1) is 0 Å². The summed E-state index contributed by atoms with van der Waals surface area (Å²) in [6, 6.07) is 112. The van der Waals surface area contributed by atoms with Crippen LogP contribution in [0.5, 0.6) is 0 Å². The van der Waals surface area contributed by atoms with Crippen molar-refractivity contribution in [3.05, 3.63) is 325 Å². The molecule has 1 aliphatic carbocycles. The molecule has 98 heavy (non-hydrogen) atoms. The quantitative estimate of drug-likeness (QED) is 0.142. The van der Waals surface area contributed by atoms with Crippen LogP contribution in [0.3, 0.4) is 0 Å². The minimum atomic E-state index is 1.21. The van der Waals surface area contributed by atoms with Crippen molar-refractivity contribution in [1.29, 1.82) is 0 Å². The first-order valence-corrected chi connectivity index (χ1v) is 34.6. The van der Waals surface area contributed by atoms with E-state index in [1.807, 2.05) is 0 Å². The minimum Gasteiger partial charge on any atom is -0.0616 e. The lowest BCUT2D eigenvalue weighted by Gasteiger charge is -2.20. The highest BCUT2D eigenvalue weighted by molar-refractivity contribution is 6.47. The maximum atomic E-state index is 2.49. The fourth-order valence-corrected chi connectivity index (χ4v) is 17.5. The van der Waals surface area contributed by atoms with E-state index >= 15 is 0 Å². The van der Waals surface area contributed by atoms with Gasteiger partial charge in [0.2, 0.25) is 0 Å². The molecule has 20 rings (SSSR count). The normalized spacial score (nSPS) is 12.2. The Bertz CT molecular complexity index is 6350. The summed E-state index contributed by atoms with van der Waals surface area (Å²) in [6.07, 6.45) is 0. The average Bonchev–Trinajstić information content (AvgIpc) is 1.51. The topological polar surface area (TPSA) is 0 Å². The molecule has 0 aliphatic heterocycles. The Hall–Kier alpha value is -12.0. The van der Waals surface area contributed by atoms with Crippen LogP contribution in [-0.2, 0) is 0 Å². The van der Waals surface area contributed by atoms with Crippen LogP contribution in [0.25, 0.3) is 208 Å². The van der Waals surface area contributed by atoms with Crippen LogP contribution in [-0.4, -0.2) is 0 Å². The molecule has 0 saturated heterocycles. The Balaban J connectivity index is 0.861. The van der Waals surface area contributed by atoms with Gasteiger partial charge in [-0.1, -0.05) is 306 Å². The van der Waals surface area contributed by atoms with E-state index in [-0.39, 0.29) is 0 Å². The molecule has 0 N–H and O–H groups in total. The predicted molar refractivity (Wildman–Crippen MR) is 423 cm³/mol. The molecule has 0 bridgehead atoms. The second-order valence-corrected chi connectivity index (χ2v) is 28.1. The maximum absolute atomic E-state index is 2.49. The first kappa shape index (κ1) is 56.4. The predicted octanol–water partition coefficient (Wildman–Crippen LogP) is 27.8. The molecule has 0 saturated carbocycles. The van der Waals surface area contributed by atoms with Gasteiger partial charge in [-0.3, -0.25) is 0 Å². The Morgan fingerprint density at radius 1 is 0.143 bits per heavy atom. The lowest BCUT2D eigenvalue weighted by molar-refractivity contribution is 1.47. The monoisotopic (exact) mass is 1240 g/mol. The summed E-state index contributed by atoms with van der Waals surface area (Å²) in [5.41, 5.74) is 32.7. The van der Waals surface area contributed by atoms with Gasteiger partial charge in [0.15, 0.2) is 0 Å². The second-order valence-electron chi connectivity index (χ2n) is 28.1. The number of rotatable bonds is 8. The third kappa shape index (κ3) is 8.25. The van der Waals surface area contributed by atoms with Gasteiger partial charge in [-0.2, -0.15) is 0 Å². The lowest BCUT2D eigenvalue weighted by Crippen LogP contribution is -1.93. The summed E-state index contributed by atoms with van der Waals surface area (Å²) in [4.78, 5) is 0. The largest absolute Gasteiger partial charge is 0.0616 e. The van der Waals surface area contributed by atoms with Gasteiger partial charge >= 0.3 is 0 Å². The zero-order valence-electron chi connectivity index (χ0n) is 55.7. The van der Waals surface area contributed by atoms with Crippen molar-refractivity contribution in [3.63, 3.8) is 0 Å². The van der Waals surface area contributed by atoms with Gasteiger partial charge in [0.25, 0.3) is 0 Å². The van der Waals surface area contributed by atoms with Crippen LogP contribution in [0.15, 0.2) is 291 Å². The molecule has 19 aromatic carbocycles. The van der Waals surface area contributed by atoms with Crippen molar-refractivity contribution in [1.82, 2.24) is 0 Å². The molecular weight excluding hydrogens is 1180 g/mol. The molecule has 0 unspecified atom stereocenters. The standard InChI is InChI=1S/C98H66/c1-55-20-32-61(33-21-55)67-44-45-70-69(52-67)53-68(62-34-22-56(2)23-35-62)54-85(70)73-48-51-84-92-76(73)16-11-19-81(92)96-88(65-40-28-59(5)29-41-65)95-80-18-10-15-75-72(47-50-83(91(75)80)97(95)89(98(84)96)66-42-30-60(6)31-43-66)71-46-49-82-90-74(71)14-9-17-79(90)93-86(63-36-24-57(3)25-37-63)77-12-7-8-13-78(77)87(94(82)93)64-38-26-58(4)27-39-64/h7-54H,1-6H3. The van der Waals surface area contributed by atoms with Crippen LogP contribution >= 0.6 is 0 Å². The SMILES string of the molecule is Cc1ccc(-c2ccc3c(-c4ccc5c6c(-c7ccc(C)cc7)c7c8ccc(-c9ccc%10c%11c(cccc9%11)-c9c-%10c(-c%10ccc(C)cc%10)c%10ccccc%10c9-c9ccc(C)cc9)c9cccc(c7c(-c7ccc(C)cc7)c6c6cccc4c65)c98)cc(-c4ccc(C)cc4)cc3c2)cc1. The molecule has 0 nitrogen and oxygen atoms in total. The van der Waals surface area contributed by atoms with E-state index < -0.39 is 0 Å². The maximum Gasteiger partial charge on any atom is -0.000718 e. The van der Waals surface area contributed by atoms with Gasteiger partial charge in [0, 0.05) is 0 Å². The highest BCUT2D eigenvalue weighted by atomic mass is 14.4. The number of benzene rings is 17. The summed E-state index contributed by atoms with van der Waals surface area (Å²) in [5.74, 6) is 0. The Labute approximate surface area is 570 Å². The van der Waals surface area contributed by atoms with Crippen molar-refractivity contribution in [2.45, 2.75) is 41.5 Å². The molecular formula is C98H66. The fourth-order valence-electron chi connectivity index (χ4n) is 17.5. The molecule has 0 heteroatoms. The molecule has 0 fully saturated rings. The lowest BCUT2D eigenvalue weighted by atomic mass is 9.82. The summed E-state index contributed by atoms with van der Waals surface area (Å²) >= 11 is 0. The van der Waals surface area contributed by atoms with E-state index in [4.69, 9.17) is 0 Å². The summed E-state index contributed by atoms with van der Waals surface area (Å²) in [5, 5.41) is 23.1. The fraction of sp³-hybridized carbons (Fsp3) is 0.0612. The van der Waals surface area contributed by atoms with E-state index in [1.54, 1.807) is 0 Å². The van der Waals surface area contributed by atoms with E-state index in [2.05, 4.69) is 333 Å². The highest BCUT2D eigenvalue weighted by Gasteiger charge is 2.33. The third-order valence-electron chi connectivity index (χ3n) is 22.1. The zero-order chi connectivity index (χ0) is 65.3. The van der Waals surface area contributed by atoms with E-state index in [1.165, 1.54) is 242 Å². The van der Waals surface area contributed by atoms with E-state index in [0.29, 0.717) is 0 Å². The van der Waals surface area contributed by atoms with Gasteiger partial charge in [-0.25, -0.2) is 0 Å². The first-order chi connectivity index (χ1) is 48.1. The number of fused-ring (bicyclic) bond motifs is 11. The zero-order valence-corrected chi connectivity index (χ0v) is 55.7. The van der Waals surface area contributed by atoms with Crippen LogP contribution in [0.1, 0.15) is 33.4 Å². The molecule has 0 atom stereocenters. The molecule has 0 aromatic heterocycles. The van der Waals surface area contributed by atoms with Crippen LogP contribution in [0.2, 0.25) is 0 Å². The van der Waals surface area contributed by atoms with Gasteiger partial charge in [-0.05, 0) is 268 Å². The van der Waals surface area contributed by atoms with Crippen molar-refractivity contribution in [2.75, 3.05) is 0 Å². The van der Waals surface area contributed by atoms with Gasteiger partial charge in [0.05, 0.1) is 0 Å². The minimum absolute atomic E-state index is 1.21. The van der Waals surface area contributed by atoms with Crippen LogP contribution in [0.4, 0.5) is 0 Å². The van der Waals surface area contributed by atoms with Crippen LogP contribution in [0, 0.1) is 41.5 Å². The number of aryl methyl sites for hydroxylation is 6.